The second-order valence-corrected chi connectivity index (χ2v) is 5.36. The van der Waals surface area contributed by atoms with E-state index in [2.05, 4.69) is 0 Å². The van der Waals surface area contributed by atoms with Crippen LogP contribution < -0.4 is 0 Å². The number of hydrogen-bond acceptors (Lipinski definition) is 2. The van der Waals surface area contributed by atoms with Gasteiger partial charge in [0.05, 0.1) is 5.25 Å². The zero-order valence-electron chi connectivity index (χ0n) is 6.79. The summed E-state index contributed by atoms with van der Waals surface area (Å²) in [5.41, 5.74) is 0. The molecule has 11 heavy (non-hydrogen) atoms. The molecular weight excluding hydrogens is 160 g/mol. The SMILES string of the molecule is CCS(=O)(=O)C1C=CCCC1. The molecule has 1 rings (SSSR count). The van der Waals surface area contributed by atoms with Gasteiger partial charge >= 0.3 is 0 Å². The van der Waals surface area contributed by atoms with Crippen LogP contribution in [0.3, 0.4) is 0 Å². The topological polar surface area (TPSA) is 34.1 Å². The predicted octanol–water partition coefficient (Wildman–Crippen LogP) is 1.53. The van der Waals surface area contributed by atoms with Gasteiger partial charge in [-0.15, -0.1) is 0 Å². The normalized spacial score (nSPS) is 25.4. The maximum absolute atomic E-state index is 11.3. The molecular formula is C8H14O2S. The summed E-state index contributed by atoms with van der Waals surface area (Å²) in [5.74, 6) is 0.266. The molecule has 0 bridgehead atoms. The monoisotopic (exact) mass is 174 g/mol. The summed E-state index contributed by atoms with van der Waals surface area (Å²) in [4.78, 5) is 0. The predicted molar refractivity (Wildman–Crippen MR) is 46.2 cm³/mol. The lowest BCUT2D eigenvalue weighted by molar-refractivity contribution is 0.578. The molecule has 3 heteroatoms. The molecule has 0 fully saturated rings. The highest BCUT2D eigenvalue weighted by atomic mass is 32.2. The van der Waals surface area contributed by atoms with Gasteiger partial charge in [0.1, 0.15) is 0 Å². The Morgan fingerprint density at radius 1 is 1.55 bits per heavy atom. The molecule has 0 radical (unpaired) electrons. The molecule has 0 saturated carbocycles. The molecule has 2 nitrogen and oxygen atoms in total. The van der Waals surface area contributed by atoms with E-state index >= 15 is 0 Å². The molecule has 64 valence electrons. The van der Waals surface area contributed by atoms with Crippen LogP contribution in [0.25, 0.3) is 0 Å². The number of hydrogen-bond donors (Lipinski definition) is 0. The summed E-state index contributed by atoms with van der Waals surface area (Å²) in [6.07, 6.45) is 6.67. The molecule has 1 aliphatic rings. The Balaban J connectivity index is 2.74. The Hall–Kier alpha value is -0.310. The highest BCUT2D eigenvalue weighted by Crippen LogP contribution is 2.17. The van der Waals surface area contributed by atoms with Crippen LogP contribution >= 0.6 is 0 Å². The van der Waals surface area contributed by atoms with E-state index in [1.807, 2.05) is 12.2 Å². The van der Waals surface area contributed by atoms with Crippen molar-refractivity contribution in [3.8, 4) is 0 Å². The molecule has 0 heterocycles. The fourth-order valence-corrected chi connectivity index (χ4v) is 2.60. The summed E-state index contributed by atoms with van der Waals surface area (Å²) >= 11 is 0. The lowest BCUT2D eigenvalue weighted by Gasteiger charge is -2.15. The van der Waals surface area contributed by atoms with E-state index in [1.54, 1.807) is 6.92 Å². The summed E-state index contributed by atoms with van der Waals surface area (Å²) in [6, 6.07) is 0. The Kier molecular flexibility index (Phi) is 2.71. The van der Waals surface area contributed by atoms with Crippen LogP contribution in [-0.2, 0) is 9.84 Å². The van der Waals surface area contributed by atoms with Gasteiger partial charge in [-0.2, -0.15) is 0 Å². The van der Waals surface area contributed by atoms with Crippen molar-refractivity contribution in [2.24, 2.45) is 0 Å². The molecule has 0 spiro atoms. The maximum Gasteiger partial charge on any atom is 0.156 e. The van der Waals surface area contributed by atoms with E-state index in [9.17, 15) is 8.42 Å². The molecule has 1 aliphatic carbocycles. The van der Waals surface area contributed by atoms with Crippen LogP contribution in [0.5, 0.6) is 0 Å². The molecule has 0 aromatic heterocycles. The minimum Gasteiger partial charge on any atom is -0.228 e. The lowest BCUT2D eigenvalue weighted by Crippen LogP contribution is -2.22. The molecule has 0 aromatic carbocycles. The van der Waals surface area contributed by atoms with Crippen LogP contribution in [0.1, 0.15) is 26.2 Å². The van der Waals surface area contributed by atoms with Crippen LogP contribution in [0.4, 0.5) is 0 Å². The lowest BCUT2D eigenvalue weighted by atomic mass is 10.1. The van der Waals surface area contributed by atoms with Crippen molar-refractivity contribution in [3.63, 3.8) is 0 Å². The van der Waals surface area contributed by atoms with E-state index in [1.165, 1.54) is 0 Å². The fraction of sp³-hybridized carbons (Fsp3) is 0.750. The minimum absolute atomic E-state index is 0.193. The molecule has 1 atom stereocenters. The average molecular weight is 174 g/mol. The summed E-state index contributed by atoms with van der Waals surface area (Å²) < 4.78 is 22.6. The van der Waals surface area contributed by atoms with Crippen molar-refractivity contribution < 1.29 is 8.42 Å². The van der Waals surface area contributed by atoms with Crippen LogP contribution in [0.2, 0.25) is 0 Å². The Morgan fingerprint density at radius 2 is 2.27 bits per heavy atom. The molecule has 0 N–H and O–H groups in total. The molecule has 1 unspecified atom stereocenters. The third-order valence-corrected chi connectivity index (χ3v) is 4.19. The summed E-state index contributed by atoms with van der Waals surface area (Å²) in [5, 5.41) is -0.193. The smallest absolute Gasteiger partial charge is 0.156 e. The molecule has 0 amide bonds. The Morgan fingerprint density at radius 3 is 2.73 bits per heavy atom. The van der Waals surface area contributed by atoms with Gasteiger partial charge in [-0.05, 0) is 19.3 Å². The standard InChI is InChI=1S/C8H14O2S/c1-2-11(9,10)8-6-4-3-5-7-8/h4,6,8H,2-3,5,7H2,1H3. The Labute approximate surface area is 68.2 Å². The third kappa shape index (κ3) is 2.06. The molecule has 0 aromatic rings. The van der Waals surface area contributed by atoms with E-state index in [0.29, 0.717) is 0 Å². The summed E-state index contributed by atoms with van der Waals surface area (Å²) in [6.45, 7) is 1.71. The van der Waals surface area contributed by atoms with Crippen molar-refractivity contribution >= 4 is 9.84 Å². The summed E-state index contributed by atoms with van der Waals surface area (Å²) in [7, 11) is -2.81. The average Bonchev–Trinajstić information content (AvgIpc) is 2.06. The van der Waals surface area contributed by atoms with Gasteiger partial charge in [-0.25, -0.2) is 8.42 Å². The first-order valence-electron chi connectivity index (χ1n) is 4.05. The van der Waals surface area contributed by atoms with Gasteiger partial charge < -0.3 is 0 Å². The van der Waals surface area contributed by atoms with Gasteiger partial charge in [0.2, 0.25) is 0 Å². The molecule has 0 aliphatic heterocycles. The first-order valence-corrected chi connectivity index (χ1v) is 5.76. The fourth-order valence-electron chi connectivity index (χ4n) is 1.29. The quantitative estimate of drug-likeness (QED) is 0.595. The van der Waals surface area contributed by atoms with Gasteiger partial charge in [0, 0.05) is 5.75 Å². The third-order valence-electron chi connectivity index (χ3n) is 2.07. The zero-order valence-corrected chi connectivity index (χ0v) is 7.60. The highest BCUT2D eigenvalue weighted by Gasteiger charge is 2.21. The minimum atomic E-state index is -2.81. The van der Waals surface area contributed by atoms with Crippen molar-refractivity contribution in [1.82, 2.24) is 0 Å². The first-order chi connectivity index (χ1) is 5.17. The van der Waals surface area contributed by atoms with Crippen molar-refractivity contribution in [1.29, 1.82) is 0 Å². The molecule has 0 saturated heterocycles. The van der Waals surface area contributed by atoms with Gasteiger partial charge in [0.25, 0.3) is 0 Å². The second kappa shape index (κ2) is 3.39. The number of sulfone groups is 1. The largest absolute Gasteiger partial charge is 0.228 e. The Bertz CT molecular complexity index is 239. The first kappa shape index (κ1) is 8.78. The van der Waals surface area contributed by atoms with E-state index in [0.717, 1.165) is 19.3 Å². The maximum atomic E-state index is 11.3. The number of rotatable bonds is 2. The zero-order chi connectivity index (χ0) is 8.32. The van der Waals surface area contributed by atoms with Crippen LogP contribution in [0.15, 0.2) is 12.2 Å². The van der Waals surface area contributed by atoms with Gasteiger partial charge in [0.15, 0.2) is 9.84 Å². The van der Waals surface area contributed by atoms with Crippen molar-refractivity contribution in [3.05, 3.63) is 12.2 Å². The van der Waals surface area contributed by atoms with E-state index in [-0.39, 0.29) is 11.0 Å². The van der Waals surface area contributed by atoms with Crippen molar-refractivity contribution in [2.75, 3.05) is 5.75 Å². The van der Waals surface area contributed by atoms with Crippen LogP contribution in [0, 0.1) is 0 Å². The van der Waals surface area contributed by atoms with E-state index in [4.69, 9.17) is 0 Å². The van der Waals surface area contributed by atoms with E-state index < -0.39 is 9.84 Å². The number of allylic oxidation sites excluding steroid dienone is 1. The second-order valence-electron chi connectivity index (χ2n) is 2.85. The van der Waals surface area contributed by atoms with Crippen LogP contribution in [-0.4, -0.2) is 19.4 Å². The highest BCUT2D eigenvalue weighted by molar-refractivity contribution is 7.92. The van der Waals surface area contributed by atoms with Gasteiger partial charge in [-0.1, -0.05) is 19.1 Å². The van der Waals surface area contributed by atoms with Crippen molar-refractivity contribution in [2.45, 2.75) is 31.4 Å². The van der Waals surface area contributed by atoms with Gasteiger partial charge in [-0.3, -0.25) is 0 Å².